The smallest absolute Gasteiger partial charge is 0.299 e. The molecule has 0 bridgehead atoms. The number of benzene rings is 1. The molecule has 1 aliphatic rings. The molecule has 18 heavy (non-hydrogen) atoms. The maximum atomic E-state index is 9.72. The SMILES string of the molecule is CCCN1CCCc2c(O)cccc21.O=S(O)O. The lowest BCUT2D eigenvalue weighted by Crippen LogP contribution is -2.29. The van der Waals surface area contributed by atoms with E-state index >= 15 is 0 Å². The third kappa shape index (κ3) is 4.29. The summed E-state index contributed by atoms with van der Waals surface area (Å²) >= 11 is -2.61. The summed E-state index contributed by atoms with van der Waals surface area (Å²) in [6.45, 7) is 4.41. The lowest BCUT2D eigenvalue weighted by atomic mass is 10.0. The molecule has 5 nitrogen and oxygen atoms in total. The largest absolute Gasteiger partial charge is 0.508 e. The van der Waals surface area contributed by atoms with Crippen molar-refractivity contribution in [3.63, 3.8) is 0 Å². The highest BCUT2D eigenvalue weighted by molar-refractivity contribution is 7.73. The van der Waals surface area contributed by atoms with E-state index in [-0.39, 0.29) is 0 Å². The van der Waals surface area contributed by atoms with Crippen LogP contribution >= 0.6 is 0 Å². The minimum Gasteiger partial charge on any atom is -0.508 e. The molecule has 0 aliphatic carbocycles. The molecule has 0 radical (unpaired) electrons. The summed E-state index contributed by atoms with van der Waals surface area (Å²) in [6, 6.07) is 5.83. The van der Waals surface area contributed by atoms with E-state index in [1.165, 1.54) is 5.69 Å². The molecule has 1 aromatic carbocycles. The van der Waals surface area contributed by atoms with Crippen molar-refractivity contribution >= 4 is 17.0 Å². The molecule has 1 heterocycles. The van der Waals surface area contributed by atoms with Gasteiger partial charge in [-0.15, -0.1) is 0 Å². The van der Waals surface area contributed by atoms with Crippen molar-refractivity contribution in [2.45, 2.75) is 26.2 Å². The van der Waals surface area contributed by atoms with Crippen LogP contribution in [0.4, 0.5) is 5.69 Å². The summed E-state index contributed by atoms with van der Waals surface area (Å²) in [5.41, 5.74) is 2.37. The summed E-state index contributed by atoms with van der Waals surface area (Å²) in [6.07, 6.45) is 3.34. The Bertz CT molecular complexity index is 407. The average molecular weight is 273 g/mol. The summed E-state index contributed by atoms with van der Waals surface area (Å²) in [5.74, 6) is 0.461. The second-order valence-corrected chi connectivity index (χ2v) is 4.56. The van der Waals surface area contributed by atoms with Gasteiger partial charge in [-0.1, -0.05) is 13.0 Å². The van der Waals surface area contributed by atoms with Crippen molar-refractivity contribution in [1.29, 1.82) is 0 Å². The molecule has 0 fully saturated rings. The zero-order chi connectivity index (χ0) is 13.5. The molecule has 6 heteroatoms. The molecule has 0 atom stereocenters. The van der Waals surface area contributed by atoms with E-state index in [2.05, 4.69) is 17.9 Å². The van der Waals surface area contributed by atoms with E-state index in [9.17, 15) is 5.11 Å². The molecule has 102 valence electrons. The normalized spacial score (nSPS) is 13.9. The predicted molar refractivity (Wildman–Crippen MR) is 72.3 cm³/mol. The standard InChI is InChI=1S/C12H17NO.H2O3S/c1-2-8-13-9-4-5-10-11(13)6-3-7-12(10)14;1-4(2)3/h3,6-7,14H,2,4-5,8-9H2,1H3;(H2,1,2,3). The molecule has 0 spiro atoms. The molecular formula is C12H19NO4S. The molecule has 0 saturated carbocycles. The molecule has 0 unspecified atom stereocenters. The van der Waals surface area contributed by atoms with Gasteiger partial charge < -0.3 is 10.0 Å². The Morgan fingerprint density at radius 3 is 2.67 bits per heavy atom. The van der Waals surface area contributed by atoms with Crippen LogP contribution in [0.3, 0.4) is 0 Å². The molecule has 2 rings (SSSR count). The number of nitrogens with zero attached hydrogens (tertiary/aromatic N) is 1. The van der Waals surface area contributed by atoms with Crippen LogP contribution in [0.25, 0.3) is 0 Å². The zero-order valence-electron chi connectivity index (χ0n) is 10.4. The van der Waals surface area contributed by atoms with Crippen LogP contribution in [-0.2, 0) is 17.8 Å². The maximum Gasteiger partial charge on any atom is 0.299 e. The van der Waals surface area contributed by atoms with E-state index in [0.29, 0.717) is 5.75 Å². The number of hydrogen-bond donors (Lipinski definition) is 3. The summed E-state index contributed by atoms with van der Waals surface area (Å²) in [4.78, 5) is 2.37. The fourth-order valence-corrected chi connectivity index (χ4v) is 2.18. The number of phenols is 1. The van der Waals surface area contributed by atoms with E-state index < -0.39 is 11.4 Å². The average Bonchev–Trinajstić information content (AvgIpc) is 2.30. The van der Waals surface area contributed by atoms with Crippen molar-refractivity contribution in [3.8, 4) is 5.75 Å². The van der Waals surface area contributed by atoms with Crippen LogP contribution in [0.2, 0.25) is 0 Å². The van der Waals surface area contributed by atoms with E-state index in [4.69, 9.17) is 13.3 Å². The van der Waals surface area contributed by atoms with Crippen LogP contribution in [0.5, 0.6) is 5.75 Å². The lowest BCUT2D eigenvalue weighted by Gasteiger charge is -2.31. The number of rotatable bonds is 2. The quantitative estimate of drug-likeness (QED) is 0.720. The maximum absolute atomic E-state index is 9.72. The fourth-order valence-electron chi connectivity index (χ4n) is 2.18. The van der Waals surface area contributed by atoms with Crippen molar-refractivity contribution in [2.24, 2.45) is 0 Å². The minimum atomic E-state index is -2.61. The first kappa shape index (κ1) is 14.9. The van der Waals surface area contributed by atoms with Crippen molar-refractivity contribution < 1.29 is 18.4 Å². The first-order valence-electron chi connectivity index (χ1n) is 5.92. The first-order valence-corrected chi connectivity index (χ1v) is 6.98. The molecule has 0 amide bonds. The molecule has 0 saturated heterocycles. The van der Waals surface area contributed by atoms with Gasteiger partial charge in [0.25, 0.3) is 11.4 Å². The van der Waals surface area contributed by atoms with Gasteiger partial charge in [-0.05, 0) is 31.4 Å². The van der Waals surface area contributed by atoms with Gasteiger partial charge in [-0.3, -0.25) is 9.11 Å². The topological polar surface area (TPSA) is 81.0 Å². The number of aromatic hydroxyl groups is 1. The van der Waals surface area contributed by atoms with Gasteiger partial charge in [0.1, 0.15) is 5.75 Å². The Balaban J connectivity index is 0.000000357. The molecule has 1 aromatic rings. The van der Waals surface area contributed by atoms with Gasteiger partial charge in [-0.2, -0.15) is 4.21 Å². The molecule has 1 aliphatic heterocycles. The minimum absolute atomic E-state index is 0.461. The van der Waals surface area contributed by atoms with E-state index in [0.717, 1.165) is 37.9 Å². The van der Waals surface area contributed by atoms with Gasteiger partial charge in [0.15, 0.2) is 0 Å². The monoisotopic (exact) mass is 273 g/mol. The number of anilines is 1. The molecule has 3 N–H and O–H groups in total. The summed E-state index contributed by atoms with van der Waals surface area (Å²) in [5, 5.41) is 9.72. The summed E-state index contributed by atoms with van der Waals surface area (Å²) < 4.78 is 22.8. The second-order valence-electron chi connectivity index (χ2n) is 4.10. The Kier molecular flexibility index (Phi) is 6.11. The van der Waals surface area contributed by atoms with Crippen LogP contribution < -0.4 is 4.90 Å². The van der Waals surface area contributed by atoms with E-state index in [1.54, 1.807) is 6.07 Å². The Morgan fingerprint density at radius 1 is 1.39 bits per heavy atom. The van der Waals surface area contributed by atoms with Crippen molar-refractivity contribution in [1.82, 2.24) is 0 Å². The highest BCUT2D eigenvalue weighted by Gasteiger charge is 2.17. The Labute approximate surface area is 110 Å². The van der Waals surface area contributed by atoms with E-state index in [1.807, 2.05) is 6.07 Å². The van der Waals surface area contributed by atoms with Crippen LogP contribution in [0.1, 0.15) is 25.3 Å². The highest BCUT2D eigenvalue weighted by Crippen LogP contribution is 2.33. The number of fused-ring (bicyclic) bond motifs is 1. The number of hydrogen-bond acceptors (Lipinski definition) is 3. The van der Waals surface area contributed by atoms with Gasteiger partial charge in [0.05, 0.1) is 0 Å². The van der Waals surface area contributed by atoms with Gasteiger partial charge in [0, 0.05) is 24.3 Å². The van der Waals surface area contributed by atoms with Crippen LogP contribution in [-0.4, -0.2) is 31.5 Å². The van der Waals surface area contributed by atoms with Crippen molar-refractivity contribution in [2.75, 3.05) is 18.0 Å². The van der Waals surface area contributed by atoms with Gasteiger partial charge >= 0.3 is 0 Å². The molecule has 0 aromatic heterocycles. The third-order valence-electron chi connectivity index (χ3n) is 2.82. The number of phenolic OH excluding ortho intramolecular Hbond substituents is 1. The lowest BCUT2D eigenvalue weighted by molar-refractivity contribution is 0.454. The fraction of sp³-hybridized carbons (Fsp3) is 0.500. The Hall–Kier alpha value is -1.11. The Morgan fingerprint density at radius 2 is 2.06 bits per heavy atom. The third-order valence-corrected chi connectivity index (χ3v) is 2.82. The second kappa shape index (κ2) is 7.35. The van der Waals surface area contributed by atoms with Gasteiger partial charge in [0.2, 0.25) is 0 Å². The van der Waals surface area contributed by atoms with Crippen molar-refractivity contribution in [3.05, 3.63) is 23.8 Å². The van der Waals surface area contributed by atoms with Gasteiger partial charge in [-0.25, -0.2) is 0 Å². The first-order chi connectivity index (χ1) is 8.56. The van der Waals surface area contributed by atoms with Crippen LogP contribution in [0, 0.1) is 0 Å². The summed E-state index contributed by atoms with van der Waals surface area (Å²) in [7, 11) is 0. The zero-order valence-corrected chi connectivity index (χ0v) is 11.2. The van der Waals surface area contributed by atoms with Crippen LogP contribution in [0.15, 0.2) is 18.2 Å². The highest BCUT2D eigenvalue weighted by atomic mass is 32.2. The predicted octanol–water partition coefficient (Wildman–Crippen LogP) is 2.24. The molecular weight excluding hydrogens is 254 g/mol.